The Morgan fingerprint density at radius 2 is 1.61 bits per heavy atom. The van der Waals surface area contributed by atoms with E-state index in [0.717, 1.165) is 11.1 Å². The van der Waals surface area contributed by atoms with Crippen molar-refractivity contribution in [3.63, 3.8) is 0 Å². The van der Waals surface area contributed by atoms with Gasteiger partial charge in [-0.15, -0.1) is 0 Å². The highest BCUT2D eigenvalue weighted by molar-refractivity contribution is 7.93. The number of benzene rings is 2. The zero-order valence-electron chi connectivity index (χ0n) is 16.9. The normalized spacial score (nSPS) is 11.3. The Hall–Kier alpha value is -3.79. The molecule has 0 atom stereocenters. The van der Waals surface area contributed by atoms with E-state index in [9.17, 15) is 8.42 Å². The van der Waals surface area contributed by atoms with Gasteiger partial charge in [-0.1, -0.05) is 17.3 Å². The van der Waals surface area contributed by atoms with Gasteiger partial charge in [0.15, 0.2) is 16.3 Å². The molecule has 31 heavy (non-hydrogen) atoms. The van der Waals surface area contributed by atoms with Crippen molar-refractivity contribution in [2.75, 3.05) is 26.1 Å². The smallest absolute Gasteiger partial charge is 0.270 e. The third-order valence-corrected chi connectivity index (χ3v) is 6.04. The average Bonchev–Trinajstić information content (AvgIpc) is 3.20. The Balaban J connectivity index is 1.82. The number of hydrogen-bond acceptors (Lipinski definition) is 8. The first-order chi connectivity index (χ1) is 15.0. The fourth-order valence-corrected chi connectivity index (χ4v) is 4.56. The fraction of sp³-hybridized carbons (Fsp3) is 0.143. The van der Waals surface area contributed by atoms with Crippen LogP contribution in [0.5, 0.6) is 17.2 Å². The lowest BCUT2D eigenvalue weighted by molar-refractivity contribution is 0.373. The van der Waals surface area contributed by atoms with Gasteiger partial charge in [0.2, 0.25) is 0 Å². The van der Waals surface area contributed by atoms with E-state index >= 15 is 0 Å². The molecule has 0 radical (unpaired) electrons. The molecule has 4 aromatic rings. The quantitative estimate of drug-likeness (QED) is 0.462. The largest absolute Gasteiger partial charge is 0.496 e. The van der Waals surface area contributed by atoms with Crippen molar-refractivity contribution in [2.24, 2.45) is 0 Å². The number of ether oxygens (including phenoxy) is 3. The molecule has 2 aromatic heterocycles. The summed E-state index contributed by atoms with van der Waals surface area (Å²) in [6.45, 7) is 0. The maximum Gasteiger partial charge on any atom is 0.270 e. The number of pyridine rings is 1. The summed E-state index contributed by atoms with van der Waals surface area (Å²) in [4.78, 5) is 3.96. The number of sulfonamides is 1. The molecule has 10 heteroatoms. The molecular formula is C21H19N3O6S. The Bertz CT molecular complexity index is 1310. The van der Waals surface area contributed by atoms with Gasteiger partial charge in [-0.3, -0.25) is 9.71 Å². The molecule has 0 saturated carbocycles. The van der Waals surface area contributed by atoms with Gasteiger partial charge in [0.05, 0.1) is 21.3 Å². The molecule has 0 aliphatic carbocycles. The second-order valence-electron chi connectivity index (χ2n) is 6.42. The predicted octanol–water partition coefficient (Wildman–Crippen LogP) is 3.72. The highest BCUT2D eigenvalue weighted by Gasteiger charge is 2.28. The molecule has 1 N–H and O–H groups in total. The second kappa shape index (κ2) is 8.15. The Morgan fingerprint density at radius 1 is 0.903 bits per heavy atom. The van der Waals surface area contributed by atoms with Crippen LogP contribution >= 0.6 is 0 Å². The topological polar surface area (TPSA) is 113 Å². The summed E-state index contributed by atoms with van der Waals surface area (Å²) >= 11 is 0. The molecule has 160 valence electrons. The predicted molar refractivity (Wildman–Crippen MR) is 114 cm³/mol. The van der Waals surface area contributed by atoms with E-state index in [4.69, 9.17) is 18.7 Å². The van der Waals surface area contributed by atoms with E-state index in [0.29, 0.717) is 16.7 Å². The zero-order valence-corrected chi connectivity index (χ0v) is 17.8. The number of aromatic nitrogens is 2. The summed E-state index contributed by atoms with van der Waals surface area (Å²) in [5.74, 6) is 0.635. The van der Waals surface area contributed by atoms with Crippen molar-refractivity contribution in [3.05, 3.63) is 54.9 Å². The van der Waals surface area contributed by atoms with Gasteiger partial charge in [0.1, 0.15) is 22.6 Å². The Labute approximate surface area is 178 Å². The number of hydrogen-bond donors (Lipinski definition) is 1. The summed E-state index contributed by atoms with van der Waals surface area (Å²) in [7, 11) is 0.101. The van der Waals surface area contributed by atoms with Crippen molar-refractivity contribution in [1.82, 2.24) is 10.1 Å². The molecule has 4 rings (SSSR count). The van der Waals surface area contributed by atoms with Crippen LogP contribution in [0.4, 0.5) is 5.82 Å². The summed E-state index contributed by atoms with van der Waals surface area (Å²) in [6.07, 6.45) is 3.38. The van der Waals surface area contributed by atoms with E-state index < -0.39 is 10.0 Å². The van der Waals surface area contributed by atoms with Crippen molar-refractivity contribution < 1.29 is 27.2 Å². The summed E-state index contributed by atoms with van der Waals surface area (Å²) in [5.41, 5.74) is 1.98. The van der Waals surface area contributed by atoms with Crippen molar-refractivity contribution in [2.45, 2.75) is 4.90 Å². The number of nitrogens with zero attached hydrogens (tertiary/aromatic N) is 2. The summed E-state index contributed by atoms with van der Waals surface area (Å²) in [6, 6.07) is 11.9. The molecule has 2 heterocycles. The standard InChI is InChI=1S/C21H19N3O6S/c1-27-15-7-4-8-16(28-2)20(15)31(25,26)24-21-19-17(29-3)10-14(11-18(19)30-23-21)13-6-5-9-22-12-13/h4-12H,1-3H3,(H,23,24). The van der Waals surface area contributed by atoms with Crippen LogP contribution in [0.15, 0.2) is 64.3 Å². The fourth-order valence-electron chi connectivity index (χ4n) is 3.23. The summed E-state index contributed by atoms with van der Waals surface area (Å²) < 4.78 is 50.2. The van der Waals surface area contributed by atoms with Crippen molar-refractivity contribution >= 4 is 26.8 Å². The SMILES string of the molecule is COc1cccc(OC)c1S(=O)(=O)Nc1noc2cc(-c3cccnc3)cc(OC)c12. The molecule has 0 aliphatic heterocycles. The lowest BCUT2D eigenvalue weighted by atomic mass is 10.1. The molecule has 0 amide bonds. The molecule has 0 saturated heterocycles. The van der Waals surface area contributed by atoms with E-state index in [1.165, 1.54) is 33.5 Å². The Morgan fingerprint density at radius 3 is 2.23 bits per heavy atom. The molecule has 0 fully saturated rings. The maximum absolute atomic E-state index is 13.2. The molecule has 0 bridgehead atoms. The van der Waals surface area contributed by atoms with Crippen molar-refractivity contribution in [3.8, 4) is 28.4 Å². The average molecular weight is 441 g/mol. The minimum absolute atomic E-state index is 0.0162. The van der Waals surface area contributed by atoms with Gasteiger partial charge in [-0.05, 0) is 35.9 Å². The lowest BCUT2D eigenvalue weighted by Crippen LogP contribution is -2.15. The van der Waals surface area contributed by atoms with Crippen LogP contribution in [0.1, 0.15) is 0 Å². The monoisotopic (exact) mass is 441 g/mol. The van der Waals surface area contributed by atoms with E-state index in [1.807, 2.05) is 12.1 Å². The number of fused-ring (bicyclic) bond motifs is 1. The number of methoxy groups -OCH3 is 3. The van der Waals surface area contributed by atoms with Crippen LogP contribution in [-0.2, 0) is 10.0 Å². The summed E-state index contributed by atoms with van der Waals surface area (Å²) in [5, 5.41) is 4.30. The van der Waals surface area contributed by atoms with Crippen LogP contribution in [0.3, 0.4) is 0 Å². The van der Waals surface area contributed by atoms with Crippen LogP contribution in [-0.4, -0.2) is 39.9 Å². The van der Waals surface area contributed by atoms with E-state index in [2.05, 4.69) is 14.9 Å². The first-order valence-corrected chi connectivity index (χ1v) is 10.6. The van der Waals surface area contributed by atoms with E-state index in [1.54, 1.807) is 30.6 Å². The van der Waals surface area contributed by atoms with Crippen LogP contribution in [0.2, 0.25) is 0 Å². The van der Waals surface area contributed by atoms with Gasteiger partial charge < -0.3 is 18.7 Å². The molecule has 0 spiro atoms. The van der Waals surface area contributed by atoms with E-state index in [-0.39, 0.29) is 22.2 Å². The minimum atomic E-state index is -4.14. The van der Waals surface area contributed by atoms with Gasteiger partial charge in [0.25, 0.3) is 10.0 Å². The highest BCUT2D eigenvalue weighted by atomic mass is 32.2. The van der Waals surface area contributed by atoms with Crippen molar-refractivity contribution in [1.29, 1.82) is 0 Å². The van der Waals surface area contributed by atoms with Crippen LogP contribution in [0, 0.1) is 0 Å². The van der Waals surface area contributed by atoms with Gasteiger partial charge in [0, 0.05) is 18.0 Å². The molecular weight excluding hydrogens is 422 g/mol. The number of anilines is 1. The minimum Gasteiger partial charge on any atom is -0.496 e. The second-order valence-corrected chi connectivity index (χ2v) is 8.04. The highest BCUT2D eigenvalue weighted by Crippen LogP contribution is 2.39. The molecule has 9 nitrogen and oxygen atoms in total. The number of rotatable bonds is 7. The molecule has 2 aromatic carbocycles. The zero-order chi connectivity index (χ0) is 22.0. The lowest BCUT2D eigenvalue weighted by Gasteiger charge is -2.14. The van der Waals surface area contributed by atoms with Gasteiger partial charge in [-0.25, -0.2) is 8.42 Å². The maximum atomic E-state index is 13.2. The van der Waals surface area contributed by atoms with Crippen LogP contribution < -0.4 is 18.9 Å². The van der Waals surface area contributed by atoms with Crippen LogP contribution in [0.25, 0.3) is 22.1 Å². The third-order valence-electron chi connectivity index (χ3n) is 4.64. The Kier molecular flexibility index (Phi) is 5.38. The first kappa shape index (κ1) is 20.5. The molecule has 0 aliphatic rings. The van der Waals surface area contributed by atoms with Gasteiger partial charge >= 0.3 is 0 Å². The third kappa shape index (κ3) is 3.73. The molecule has 0 unspecified atom stereocenters. The first-order valence-electron chi connectivity index (χ1n) is 9.10. The van der Waals surface area contributed by atoms with Gasteiger partial charge in [-0.2, -0.15) is 0 Å². The number of nitrogens with one attached hydrogen (secondary N) is 1.